The summed E-state index contributed by atoms with van der Waals surface area (Å²) in [4.78, 5) is 4.54. The molecule has 1 aliphatic rings. The first kappa shape index (κ1) is 21.8. The number of para-hydroxylation sites is 2. The van der Waals surface area contributed by atoms with Crippen molar-refractivity contribution in [1.82, 2.24) is 9.55 Å². The van der Waals surface area contributed by atoms with Gasteiger partial charge in [-0.2, -0.15) is 0 Å². The fourth-order valence-electron chi connectivity index (χ4n) is 4.49. The number of aliphatic hydroxyl groups is 1. The number of aliphatic hydroxyl groups excluding tert-OH is 1. The summed E-state index contributed by atoms with van der Waals surface area (Å²) in [7, 11) is 0. The molecule has 5 rings (SSSR count). The van der Waals surface area contributed by atoms with E-state index in [9.17, 15) is 5.11 Å². The van der Waals surface area contributed by atoms with Crippen LogP contribution in [0, 0.1) is 5.92 Å². The van der Waals surface area contributed by atoms with Crippen LogP contribution in [0.25, 0.3) is 11.0 Å². The van der Waals surface area contributed by atoms with Crippen molar-refractivity contribution >= 4 is 11.0 Å². The zero-order chi connectivity index (χ0) is 22.8. The summed E-state index contributed by atoms with van der Waals surface area (Å²) in [6.45, 7) is 3.37. The van der Waals surface area contributed by atoms with Gasteiger partial charge >= 0.3 is 0 Å². The molecule has 4 atom stereocenters. The van der Waals surface area contributed by atoms with Crippen LogP contribution in [-0.2, 0) is 29.2 Å². The number of fused-ring (bicyclic) bond motifs is 1. The molecule has 0 spiro atoms. The Balaban J connectivity index is 1.47. The molecule has 1 saturated heterocycles. The van der Waals surface area contributed by atoms with E-state index >= 15 is 0 Å². The van der Waals surface area contributed by atoms with Gasteiger partial charge in [0, 0.05) is 18.0 Å². The smallest absolute Gasteiger partial charge is 0.184 e. The first-order valence-corrected chi connectivity index (χ1v) is 11.4. The van der Waals surface area contributed by atoms with E-state index in [2.05, 4.69) is 22.5 Å². The number of hydrogen-bond donors (Lipinski definition) is 2. The second-order valence-corrected chi connectivity index (χ2v) is 8.65. The van der Waals surface area contributed by atoms with E-state index in [4.69, 9.17) is 15.2 Å². The number of imidazole rings is 1. The molecule has 0 saturated carbocycles. The first-order chi connectivity index (χ1) is 16.2. The van der Waals surface area contributed by atoms with Crippen molar-refractivity contribution < 1.29 is 14.6 Å². The molecular formula is C27H29N3O3. The number of aromatic nitrogens is 2. The highest BCUT2D eigenvalue weighted by molar-refractivity contribution is 5.74. The van der Waals surface area contributed by atoms with Gasteiger partial charge in [0.1, 0.15) is 0 Å². The van der Waals surface area contributed by atoms with Crippen molar-refractivity contribution in [3.05, 3.63) is 101 Å². The molecule has 33 heavy (non-hydrogen) atoms. The highest BCUT2D eigenvalue weighted by Gasteiger charge is 2.38. The Hall–Kier alpha value is -3.03. The van der Waals surface area contributed by atoms with E-state index in [0.29, 0.717) is 13.1 Å². The van der Waals surface area contributed by atoms with E-state index in [-0.39, 0.29) is 24.7 Å². The molecular weight excluding hydrogens is 414 g/mol. The lowest BCUT2D eigenvalue weighted by atomic mass is 9.90. The third kappa shape index (κ3) is 4.43. The van der Waals surface area contributed by atoms with Gasteiger partial charge in [-0.1, -0.05) is 67.6 Å². The predicted octanol–water partition coefficient (Wildman–Crippen LogP) is 4.48. The maximum atomic E-state index is 9.43. The molecule has 3 N–H and O–H groups in total. The highest BCUT2D eigenvalue weighted by Crippen LogP contribution is 2.42. The van der Waals surface area contributed by atoms with Crippen LogP contribution in [0.4, 0.5) is 0 Å². The van der Waals surface area contributed by atoms with Crippen LogP contribution in [-0.4, -0.2) is 20.8 Å². The van der Waals surface area contributed by atoms with Crippen molar-refractivity contribution in [2.45, 2.75) is 45.1 Å². The van der Waals surface area contributed by atoms with Crippen molar-refractivity contribution in [3.63, 3.8) is 0 Å². The Morgan fingerprint density at radius 3 is 2.33 bits per heavy atom. The minimum Gasteiger partial charge on any atom is -0.392 e. The molecule has 170 valence electrons. The highest BCUT2D eigenvalue weighted by atomic mass is 16.7. The fraction of sp³-hybridized carbons (Fsp3) is 0.296. The molecule has 1 fully saturated rings. The topological polar surface area (TPSA) is 82.5 Å². The van der Waals surface area contributed by atoms with Crippen molar-refractivity contribution in [2.75, 3.05) is 0 Å². The minimum atomic E-state index is -0.490. The number of nitrogens with two attached hydrogens (primary N) is 1. The van der Waals surface area contributed by atoms with E-state index in [0.717, 1.165) is 33.3 Å². The van der Waals surface area contributed by atoms with Crippen molar-refractivity contribution in [1.29, 1.82) is 0 Å². The average molecular weight is 444 g/mol. The normalized spacial score (nSPS) is 23.1. The quantitative estimate of drug-likeness (QED) is 0.459. The van der Waals surface area contributed by atoms with E-state index in [1.165, 1.54) is 0 Å². The largest absolute Gasteiger partial charge is 0.392 e. The predicted molar refractivity (Wildman–Crippen MR) is 127 cm³/mol. The van der Waals surface area contributed by atoms with Crippen LogP contribution in [0.1, 0.15) is 41.6 Å². The van der Waals surface area contributed by atoms with Gasteiger partial charge in [-0.15, -0.1) is 0 Å². The fourth-order valence-corrected chi connectivity index (χ4v) is 4.49. The number of nitrogens with zero attached hydrogens (tertiary/aromatic N) is 2. The van der Waals surface area contributed by atoms with Gasteiger partial charge in [0.05, 0.1) is 42.7 Å². The molecule has 1 unspecified atom stereocenters. The Kier molecular flexibility index (Phi) is 6.24. The number of ether oxygens (including phenoxy) is 2. The van der Waals surface area contributed by atoms with E-state index in [1.54, 1.807) is 0 Å². The average Bonchev–Trinajstić information content (AvgIpc) is 3.28. The molecule has 2 heterocycles. The second-order valence-electron chi connectivity index (χ2n) is 8.65. The van der Waals surface area contributed by atoms with Gasteiger partial charge < -0.3 is 24.9 Å². The molecule has 6 nitrogen and oxygen atoms in total. The monoisotopic (exact) mass is 443 g/mol. The third-order valence-corrected chi connectivity index (χ3v) is 6.51. The summed E-state index contributed by atoms with van der Waals surface area (Å²) in [6, 6.07) is 24.2. The minimum absolute atomic E-state index is 0.0247. The van der Waals surface area contributed by atoms with Gasteiger partial charge in [-0.3, -0.25) is 0 Å². The zero-order valence-corrected chi connectivity index (χ0v) is 18.7. The lowest BCUT2D eigenvalue weighted by Crippen LogP contribution is -2.39. The summed E-state index contributed by atoms with van der Waals surface area (Å²) in [6.07, 6.45) is 1.16. The van der Waals surface area contributed by atoms with Gasteiger partial charge in [0.15, 0.2) is 6.29 Å². The van der Waals surface area contributed by atoms with Crippen LogP contribution in [0.5, 0.6) is 0 Å². The molecule has 6 heteroatoms. The molecule has 1 aromatic heterocycles. The number of benzene rings is 3. The summed E-state index contributed by atoms with van der Waals surface area (Å²) in [5, 5.41) is 9.43. The summed E-state index contributed by atoms with van der Waals surface area (Å²) in [5.41, 5.74) is 11.8. The lowest BCUT2D eigenvalue weighted by molar-refractivity contribution is -0.276. The van der Waals surface area contributed by atoms with Crippen LogP contribution < -0.4 is 5.73 Å². The Morgan fingerprint density at radius 1 is 0.909 bits per heavy atom. The molecule has 0 radical (unpaired) electrons. The maximum absolute atomic E-state index is 9.43. The third-order valence-electron chi connectivity index (χ3n) is 6.51. The van der Waals surface area contributed by atoms with Crippen LogP contribution in [0.3, 0.4) is 0 Å². The number of rotatable bonds is 6. The van der Waals surface area contributed by atoms with Crippen LogP contribution in [0.15, 0.2) is 79.1 Å². The molecule has 4 aromatic rings. The second kappa shape index (κ2) is 9.45. The molecule has 0 bridgehead atoms. The Bertz CT molecular complexity index is 1200. The van der Waals surface area contributed by atoms with Crippen LogP contribution in [0.2, 0.25) is 0 Å². The molecule has 0 aliphatic carbocycles. The summed E-state index contributed by atoms with van der Waals surface area (Å²) < 4.78 is 15.2. The van der Waals surface area contributed by atoms with Gasteiger partial charge in [0.2, 0.25) is 0 Å². The molecule has 1 aliphatic heterocycles. The maximum Gasteiger partial charge on any atom is 0.184 e. The summed E-state index contributed by atoms with van der Waals surface area (Å²) in [5.74, 6) is 0.103. The Labute approximate surface area is 193 Å². The van der Waals surface area contributed by atoms with Gasteiger partial charge in [0.25, 0.3) is 0 Å². The van der Waals surface area contributed by atoms with Gasteiger partial charge in [-0.25, -0.2) is 4.98 Å². The first-order valence-electron chi connectivity index (χ1n) is 11.4. The van der Waals surface area contributed by atoms with Gasteiger partial charge in [-0.05, 0) is 28.8 Å². The van der Waals surface area contributed by atoms with Crippen molar-refractivity contribution in [2.24, 2.45) is 11.7 Å². The number of hydrogen-bond acceptors (Lipinski definition) is 5. The molecule has 3 aromatic carbocycles. The lowest BCUT2D eigenvalue weighted by Gasteiger charge is -2.41. The zero-order valence-electron chi connectivity index (χ0n) is 18.7. The van der Waals surface area contributed by atoms with E-state index < -0.39 is 6.29 Å². The molecule has 0 amide bonds. The van der Waals surface area contributed by atoms with Crippen LogP contribution >= 0.6 is 0 Å². The van der Waals surface area contributed by atoms with E-state index in [1.807, 2.05) is 73.1 Å². The standard InChI is InChI=1S/C27H29N3O3/c1-18-25(15-30-17-29-23-4-2-3-5-24(23)30)32-27(22-12-6-19(14-28)7-13-22)33-26(18)21-10-8-20(16-31)9-11-21/h2-13,17-18,25-27,31H,14-16,28H2,1H3/t18-,25+,26+,27?/m0/s1. The SMILES string of the molecule is C[C@H]1[C@@H](Cn2cnc3ccccc32)OC(c2ccc(CN)cc2)O[C@H]1c1ccc(CO)cc1. The Morgan fingerprint density at radius 2 is 1.61 bits per heavy atom. The van der Waals surface area contributed by atoms with Crippen molar-refractivity contribution in [3.8, 4) is 0 Å². The summed E-state index contributed by atoms with van der Waals surface area (Å²) >= 11 is 0.